The summed E-state index contributed by atoms with van der Waals surface area (Å²) < 4.78 is 36.0. The molecular formula is C34H57NO15. The zero-order valence-corrected chi connectivity index (χ0v) is 29.4. The number of rotatable bonds is 14. The SMILES string of the molecule is CCOC(=O)C1CC(CC)C(OC2OC(C)C(O)C(O)C2O)C(OC2OC(CO)C(O)C(O[C@@H](CC3CCCCC3)C(=O)O)C2NC(C)=O)C1. The maximum Gasteiger partial charge on any atom is 0.332 e. The first kappa shape index (κ1) is 40.8. The molecule has 4 rings (SSSR count). The fraction of sp³-hybridized carbons (Fsp3) is 0.912. The van der Waals surface area contributed by atoms with Gasteiger partial charge in [0.1, 0.15) is 42.7 Å². The van der Waals surface area contributed by atoms with Gasteiger partial charge in [0.15, 0.2) is 18.7 Å². The first-order valence-electron chi connectivity index (χ1n) is 18.1. The first-order chi connectivity index (χ1) is 23.8. The lowest BCUT2D eigenvalue weighted by Gasteiger charge is -2.49. The predicted molar refractivity (Wildman–Crippen MR) is 172 cm³/mol. The summed E-state index contributed by atoms with van der Waals surface area (Å²) in [7, 11) is 0. The van der Waals surface area contributed by atoms with Gasteiger partial charge in [-0.3, -0.25) is 9.59 Å². The van der Waals surface area contributed by atoms with Gasteiger partial charge in [0.25, 0.3) is 0 Å². The number of ether oxygens (including phenoxy) is 6. The Bertz CT molecular complexity index is 1110. The van der Waals surface area contributed by atoms with Crippen LogP contribution in [-0.4, -0.2) is 141 Å². The van der Waals surface area contributed by atoms with Crippen LogP contribution in [0.25, 0.3) is 0 Å². The molecule has 14 unspecified atom stereocenters. The summed E-state index contributed by atoms with van der Waals surface area (Å²) in [5.74, 6) is -3.16. The molecule has 2 saturated carbocycles. The minimum Gasteiger partial charge on any atom is -0.479 e. The standard InChI is InChI=1S/C34H57NO15/c1-5-19-13-20(32(44)45-6-2)14-21(29(19)50-34-28(41)27(40)25(38)16(3)46-34)48-33-24(35-17(4)37)30(26(39)23(15-36)49-33)47-22(31(42)43)12-18-10-8-7-9-11-18/h16,18-30,33-34,36,38-41H,5-15H2,1-4H3,(H,35,37)(H,42,43)/t16?,19?,20?,21?,22-,23?,24?,25?,26?,27?,28?,29?,30?,33?,34?/m0/s1. The van der Waals surface area contributed by atoms with E-state index in [1.54, 1.807) is 6.92 Å². The molecule has 16 nitrogen and oxygen atoms in total. The molecule has 2 aliphatic carbocycles. The molecule has 0 radical (unpaired) electrons. The molecule has 0 aromatic rings. The zero-order chi connectivity index (χ0) is 36.7. The first-order valence-corrected chi connectivity index (χ1v) is 18.1. The van der Waals surface area contributed by atoms with Crippen molar-refractivity contribution in [2.45, 2.75) is 165 Å². The van der Waals surface area contributed by atoms with Crippen LogP contribution in [-0.2, 0) is 42.8 Å². The monoisotopic (exact) mass is 719 g/mol. The highest BCUT2D eigenvalue weighted by Gasteiger charge is 2.53. The van der Waals surface area contributed by atoms with E-state index in [0.29, 0.717) is 12.8 Å². The summed E-state index contributed by atoms with van der Waals surface area (Å²) in [6.07, 6.45) is -9.96. The molecule has 0 spiro atoms. The van der Waals surface area contributed by atoms with E-state index in [4.69, 9.17) is 28.4 Å². The number of hydrogen-bond acceptors (Lipinski definition) is 14. The molecule has 4 aliphatic rings. The summed E-state index contributed by atoms with van der Waals surface area (Å²) in [5, 5.41) is 65.9. The van der Waals surface area contributed by atoms with Gasteiger partial charge in [-0.1, -0.05) is 45.4 Å². The van der Waals surface area contributed by atoms with Crippen molar-refractivity contribution in [3.63, 3.8) is 0 Å². The highest BCUT2D eigenvalue weighted by molar-refractivity contribution is 5.74. The molecule has 288 valence electrons. The summed E-state index contributed by atoms with van der Waals surface area (Å²) in [6.45, 7) is 5.77. The van der Waals surface area contributed by atoms with Gasteiger partial charge in [-0.05, 0) is 44.9 Å². The van der Waals surface area contributed by atoms with Crippen molar-refractivity contribution in [3.05, 3.63) is 0 Å². The van der Waals surface area contributed by atoms with E-state index in [1.165, 1.54) is 13.8 Å². The van der Waals surface area contributed by atoms with Crippen LogP contribution < -0.4 is 5.32 Å². The zero-order valence-electron chi connectivity index (χ0n) is 29.4. The second-order valence-corrected chi connectivity index (χ2v) is 14.2. The molecule has 0 aromatic heterocycles. The Labute approximate surface area is 292 Å². The van der Waals surface area contributed by atoms with Crippen molar-refractivity contribution in [1.29, 1.82) is 0 Å². The molecule has 2 heterocycles. The summed E-state index contributed by atoms with van der Waals surface area (Å²) >= 11 is 0. The third-order valence-corrected chi connectivity index (χ3v) is 10.6. The Morgan fingerprint density at radius 3 is 2.18 bits per heavy atom. The van der Waals surface area contributed by atoms with E-state index in [1.807, 2.05) is 6.92 Å². The summed E-state index contributed by atoms with van der Waals surface area (Å²) in [6, 6.07) is -1.27. The quantitative estimate of drug-likeness (QED) is 0.117. The Kier molecular flexibility index (Phi) is 15.2. The van der Waals surface area contributed by atoms with Crippen molar-refractivity contribution in [3.8, 4) is 0 Å². The smallest absolute Gasteiger partial charge is 0.332 e. The molecule has 0 aromatic carbocycles. The maximum absolute atomic E-state index is 13.0. The lowest BCUT2D eigenvalue weighted by Crippen LogP contribution is -2.67. The van der Waals surface area contributed by atoms with Gasteiger partial charge in [0.05, 0.1) is 37.4 Å². The van der Waals surface area contributed by atoms with Gasteiger partial charge in [-0.2, -0.15) is 0 Å². The molecular weight excluding hydrogens is 662 g/mol. The minimum absolute atomic E-state index is 0.0352. The van der Waals surface area contributed by atoms with Crippen LogP contribution in [0.1, 0.15) is 85.5 Å². The Balaban J connectivity index is 1.66. The summed E-state index contributed by atoms with van der Waals surface area (Å²) in [5.41, 5.74) is 0. The Hall–Kier alpha value is -1.99. The van der Waals surface area contributed by atoms with E-state index in [-0.39, 0.29) is 31.3 Å². The number of aliphatic hydroxyl groups is 5. The van der Waals surface area contributed by atoms with Gasteiger partial charge >= 0.3 is 11.9 Å². The molecule has 1 amide bonds. The van der Waals surface area contributed by atoms with Crippen LogP contribution in [0.2, 0.25) is 0 Å². The van der Waals surface area contributed by atoms with Crippen molar-refractivity contribution < 1.29 is 73.4 Å². The number of aliphatic hydroxyl groups excluding tert-OH is 5. The average Bonchev–Trinajstić information content (AvgIpc) is 3.08. The normalized spacial score (nSPS) is 40.5. The van der Waals surface area contributed by atoms with Crippen molar-refractivity contribution in [2.24, 2.45) is 17.8 Å². The molecule has 50 heavy (non-hydrogen) atoms. The molecule has 15 atom stereocenters. The number of aliphatic carboxylic acids is 1. The van der Waals surface area contributed by atoms with E-state index < -0.39 is 110 Å². The van der Waals surface area contributed by atoms with Crippen molar-refractivity contribution in [1.82, 2.24) is 5.32 Å². The highest BCUT2D eigenvalue weighted by atomic mass is 16.7. The molecule has 16 heteroatoms. The van der Waals surface area contributed by atoms with Crippen LogP contribution in [0.3, 0.4) is 0 Å². The topological polar surface area (TPSA) is 240 Å². The maximum atomic E-state index is 13.0. The predicted octanol–water partition coefficient (Wildman–Crippen LogP) is -0.0248. The van der Waals surface area contributed by atoms with Gasteiger partial charge in [-0.25, -0.2) is 4.79 Å². The van der Waals surface area contributed by atoms with Crippen molar-refractivity contribution in [2.75, 3.05) is 13.2 Å². The highest BCUT2D eigenvalue weighted by Crippen LogP contribution is 2.40. The third kappa shape index (κ3) is 9.90. The number of carbonyl (C=O) groups excluding carboxylic acids is 2. The number of hydrogen-bond donors (Lipinski definition) is 7. The minimum atomic E-state index is -1.62. The van der Waals surface area contributed by atoms with Crippen molar-refractivity contribution >= 4 is 17.8 Å². The van der Waals surface area contributed by atoms with E-state index in [2.05, 4.69) is 5.32 Å². The van der Waals surface area contributed by atoms with Gasteiger partial charge in [-0.15, -0.1) is 0 Å². The number of nitrogens with one attached hydrogen (secondary N) is 1. The fourth-order valence-electron chi connectivity index (χ4n) is 7.81. The van der Waals surface area contributed by atoms with E-state index in [0.717, 1.165) is 32.1 Å². The lowest BCUT2D eigenvalue weighted by atomic mass is 9.76. The fourth-order valence-corrected chi connectivity index (χ4v) is 7.81. The Morgan fingerprint density at radius 2 is 1.58 bits per heavy atom. The van der Waals surface area contributed by atoms with Crippen LogP contribution in [0.4, 0.5) is 0 Å². The van der Waals surface area contributed by atoms with Crippen LogP contribution in [0.15, 0.2) is 0 Å². The molecule has 2 saturated heterocycles. The van der Waals surface area contributed by atoms with Gasteiger partial charge in [0.2, 0.25) is 5.91 Å². The molecule has 4 fully saturated rings. The van der Waals surface area contributed by atoms with Crippen LogP contribution in [0, 0.1) is 17.8 Å². The van der Waals surface area contributed by atoms with E-state index >= 15 is 0 Å². The number of carboxylic acid groups (broad SMARTS) is 1. The Morgan fingerprint density at radius 1 is 0.880 bits per heavy atom. The number of carboxylic acids is 1. The van der Waals surface area contributed by atoms with Gasteiger partial charge in [0, 0.05) is 6.92 Å². The number of esters is 1. The molecule has 2 aliphatic heterocycles. The molecule has 0 bridgehead atoms. The average molecular weight is 720 g/mol. The van der Waals surface area contributed by atoms with Crippen LogP contribution in [0.5, 0.6) is 0 Å². The van der Waals surface area contributed by atoms with Gasteiger partial charge < -0.3 is 64.4 Å². The lowest BCUT2D eigenvalue weighted by molar-refractivity contribution is -0.338. The van der Waals surface area contributed by atoms with Crippen LogP contribution >= 0.6 is 0 Å². The summed E-state index contributed by atoms with van der Waals surface area (Å²) in [4.78, 5) is 38.0. The third-order valence-electron chi connectivity index (χ3n) is 10.6. The second kappa shape index (κ2) is 18.7. The number of carbonyl (C=O) groups is 3. The molecule has 7 N–H and O–H groups in total. The second-order valence-electron chi connectivity index (χ2n) is 14.2. The van der Waals surface area contributed by atoms with E-state index in [9.17, 15) is 45.0 Å². The number of amides is 1. The largest absolute Gasteiger partial charge is 0.479 e.